The average Bonchev–Trinajstić information content (AvgIpc) is 2.46. The lowest BCUT2D eigenvalue weighted by Crippen LogP contribution is -2.18. The first-order chi connectivity index (χ1) is 10.3. The van der Waals surface area contributed by atoms with Gasteiger partial charge in [-0.2, -0.15) is 0 Å². The lowest BCUT2D eigenvalue weighted by molar-refractivity contribution is 0.0505. The molecule has 2 N–H and O–H groups in total. The zero-order valence-corrected chi connectivity index (χ0v) is 11.9. The summed E-state index contributed by atoms with van der Waals surface area (Å²) in [5.74, 6) is -4.97. The van der Waals surface area contributed by atoms with Crippen molar-refractivity contribution >= 4 is 23.9 Å². The summed E-state index contributed by atoms with van der Waals surface area (Å²) in [6.45, 7) is 3.03. The molecule has 0 radical (unpaired) electrons. The highest BCUT2D eigenvalue weighted by Gasteiger charge is 2.26. The van der Waals surface area contributed by atoms with E-state index >= 15 is 0 Å². The summed E-state index contributed by atoms with van der Waals surface area (Å²) >= 11 is 0. The van der Waals surface area contributed by atoms with Crippen LogP contribution in [0.5, 0.6) is 0 Å². The molecular weight excluding hydrogens is 296 g/mol. The van der Waals surface area contributed by atoms with Gasteiger partial charge in [0, 0.05) is 0 Å². The van der Waals surface area contributed by atoms with Gasteiger partial charge in [-0.05, 0) is 26.0 Å². The molecule has 0 aliphatic rings. The smallest absolute Gasteiger partial charge is 0.339 e. The molecular formula is C14H14O8. The Morgan fingerprint density at radius 1 is 0.773 bits per heavy atom. The van der Waals surface area contributed by atoms with E-state index in [9.17, 15) is 19.2 Å². The molecule has 0 bridgehead atoms. The van der Waals surface area contributed by atoms with Crippen LogP contribution in [-0.2, 0) is 9.47 Å². The van der Waals surface area contributed by atoms with Gasteiger partial charge in [0.25, 0.3) is 0 Å². The van der Waals surface area contributed by atoms with Gasteiger partial charge in [0.15, 0.2) is 0 Å². The van der Waals surface area contributed by atoms with E-state index in [1.807, 2.05) is 0 Å². The van der Waals surface area contributed by atoms with Crippen LogP contribution in [0.2, 0.25) is 0 Å². The summed E-state index contributed by atoms with van der Waals surface area (Å²) in [6.07, 6.45) is 0. The van der Waals surface area contributed by atoms with Crippen molar-refractivity contribution in [1.29, 1.82) is 0 Å². The molecule has 0 heterocycles. The molecule has 0 amide bonds. The van der Waals surface area contributed by atoms with Crippen molar-refractivity contribution in [1.82, 2.24) is 0 Å². The second-order valence-electron chi connectivity index (χ2n) is 3.99. The van der Waals surface area contributed by atoms with Crippen LogP contribution in [0.4, 0.5) is 0 Å². The topological polar surface area (TPSA) is 127 Å². The maximum absolute atomic E-state index is 11.8. The number of ether oxygens (including phenoxy) is 2. The summed E-state index contributed by atoms with van der Waals surface area (Å²) in [4.78, 5) is 46.0. The van der Waals surface area contributed by atoms with Gasteiger partial charge in [0.1, 0.15) is 0 Å². The molecule has 0 unspecified atom stereocenters. The van der Waals surface area contributed by atoms with Crippen molar-refractivity contribution < 1.29 is 38.9 Å². The predicted molar refractivity (Wildman–Crippen MR) is 72.3 cm³/mol. The summed E-state index contributed by atoms with van der Waals surface area (Å²) in [7, 11) is 0. The van der Waals surface area contributed by atoms with Crippen molar-refractivity contribution in [3.63, 3.8) is 0 Å². The van der Waals surface area contributed by atoms with Crippen LogP contribution >= 0.6 is 0 Å². The number of esters is 2. The summed E-state index contributed by atoms with van der Waals surface area (Å²) in [5.41, 5.74) is -1.96. The van der Waals surface area contributed by atoms with E-state index in [1.165, 1.54) is 13.8 Å². The van der Waals surface area contributed by atoms with Crippen molar-refractivity contribution in [2.45, 2.75) is 13.8 Å². The zero-order valence-electron chi connectivity index (χ0n) is 11.9. The van der Waals surface area contributed by atoms with E-state index in [2.05, 4.69) is 0 Å². The minimum absolute atomic E-state index is 0.00663. The fourth-order valence-electron chi connectivity index (χ4n) is 1.71. The van der Waals surface area contributed by atoms with Crippen LogP contribution in [0.1, 0.15) is 55.3 Å². The highest BCUT2D eigenvalue weighted by Crippen LogP contribution is 2.20. The molecule has 0 spiro atoms. The molecule has 0 atom stereocenters. The predicted octanol–water partition coefficient (Wildman–Crippen LogP) is 1.44. The van der Waals surface area contributed by atoms with Crippen LogP contribution in [0, 0.1) is 0 Å². The van der Waals surface area contributed by atoms with Gasteiger partial charge in [-0.1, -0.05) is 0 Å². The molecule has 22 heavy (non-hydrogen) atoms. The van der Waals surface area contributed by atoms with Gasteiger partial charge in [-0.15, -0.1) is 0 Å². The van der Waals surface area contributed by atoms with E-state index in [0.29, 0.717) is 0 Å². The van der Waals surface area contributed by atoms with E-state index in [1.54, 1.807) is 0 Å². The minimum atomic E-state index is -1.51. The van der Waals surface area contributed by atoms with E-state index in [0.717, 1.165) is 12.1 Å². The molecule has 0 aliphatic heterocycles. The van der Waals surface area contributed by atoms with Crippen LogP contribution in [0.3, 0.4) is 0 Å². The van der Waals surface area contributed by atoms with Crippen LogP contribution in [0.15, 0.2) is 12.1 Å². The highest BCUT2D eigenvalue weighted by atomic mass is 16.5. The second kappa shape index (κ2) is 7.21. The number of carbonyl (C=O) groups excluding carboxylic acids is 2. The molecule has 0 aromatic heterocycles. The normalized spacial score (nSPS) is 9.91. The van der Waals surface area contributed by atoms with E-state index < -0.39 is 46.1 Å². The van der Waals surface area contributed by atoms with Gasteiger partial charge >= 0.3 is 23.9 Å². The third-order valence-corrected chi connectivity index (χ3v) is 2.61. The number of aromatic carboxylic acids is 2. The fraction of sp³-hybridized carbons (Fsp3) is 0.286. The minimum Gasteiger partial charge on any atom is -0.478 e. The molecule has 8 heteroatoms. The molecule has 1 aromatic carbocycles. The van der Waals surface area contributed by atoms with Crippen molar-refractivity contribution in [2.24, 2.45) is 0 Å². The first-order valence-corrected chi connectivity index (χ1v) is 6.32. The Bertz CT molecular complexity index is 581. The monoisotopic (exact) mass is 310 g/mol. The number of hydrogen-bond donors (Lipinski definition) is 2. The number of hydrogen-bond acceptors (Lipinski definition) is 6. The fourth-order valence-corrected chi connectivity index (χ4v) is 1.71. The van der Waals surface area contributed by atoms with Gasteiger partial charge < -0.3 is 19.7 Å². The van der Waals surface area contributed by atoms with Crippen molar-refractivity contribution in [2.75, 3.05) is 13.2 Å². The highest BCUT2D eigenvalue weighted by molar-refractivity contribution is 6.09. The maximum Gasteiger partial charge on any atom is 0.339 e. The molecule has 118 valence electrons. The Morgan fingerprint density at radius 3 is 1.36 bits per heavy atom. The van der Waals surface area contributed by atoms with Gasteiger partial charge in [0.2, 0.25) is 0 Å². The van der Waals surface area contributed by atoms with E-state index in [4.69, 9.17) is 19.7 Å². The number of carboxylic acid groups (broad SMARTS) is 2. The molecule has 1 aromatic rings. The first-order valence-electron chi connectivity index (χ1n) is 6.32. The molecule has 0 fully saturated rings. The molecule has 0 saturated heterocycles. The lowest BCUT2D eigenvalue weighted by atomic mass is 9.98. The molecule has 0 saturated carbocycles. The lowest BCUT2D eigenvalue weighted by Gasteiger charge is -2.11. The molecule has 0 aliphatic carbocycles. The Hall–Kier alpha value is -2.90. The Morgan fingerprint density at radius 2 is 1.09 bits per heavy atom. The maximum atomic E-state index is 11.8. The Kier molecular flexibility index (Phi) is 5.62. The summed E-state index contributed by atoms with van der Waals surface area (Å²) in [5, 5.41) is 18.2. The quantitative estimate of drug-likeness (QED) is 0.755. The van der Waals surface area contributed by atoms with Gasteiger partial charge in [-0.3, -0.25) is 0 Å². The van der Waals surface area contributed by atoms with Gasteiger partial charge in [-0.25, -0.2) is 19.2 Å². The second-order valence-corrected chi connectivity index (χ2v) is 3.99. The van der Waals surface area contributed by atoms with Crippen LogP contribution in [0.25, 0.3) is 0 Å². The number of benzene rings is 1. The largest absolute Gasteiger partial charge is 0.478 e. The Balaban J connectivity index is 3.58. The standard InChI is InChI=1S/C14H14O8/c1-3-21-13(19)9-6-10(14(20)22-4-2)8(12(17)18)5-7(9)11(15)16/h5-6H,3-4H2,1-2H3,(H,15,16)(H,17,18). The molecule has 1 rings (SSSR count). The van der Waals surface area contributed by atoms with Crippen LogP contribution in [-0.4, -0.2) is 47.3 Å². The van der Waals surface area contributed by atoms with Crippen LogP contribution < -0.4 is 0 Å². The number of carboxylic acids is 2. The van der Waals surface area contributed by atoms with Crippen molar-refractivity contribution in [3.05, 3.63) is 34.4 Å². The average molecular weight is 310 g/mol. The number of carbonyl (C=O) groups is 4. The summed E-state index contributed by atoms with van der Waals surface area (Å²) < 4.78 is 9.42. The van der Waals surface area contributed by atoms with E-state index in [-0.39, 0.29) is 13.2 Å². The Labute approximate surface area is 125 Å². The first kappa shape index (κ1) is 17.2. The zero-order chi connectivity index (χ0) is 16.9. The summed E-state index contributed by atoms with van der Waals surface area (Å²) in [6, 6.07) is 1.60. The SMILES string of the molecule is CCOC(=O)c1cc(C(=O)OCC)c(C(=O)O)cc1C(=O)O. The molecule has 8 nitrogen and oxygen atoms in total. The van der Waals surface area contributed by atoms with Gasteiger partial charge in [0.05, 0.1) is 35.5 Å². The third-order valence-electron chi connectivity index (χ3n) is 2.61. The number of rotatable bonds is 6. The van der Waals surface area contributed by atoms with Crippen molar-refractivity contribution in [3.8, 4) is 0 Å². The third kappa shape index (κ3) is 3.60.